The van der Waals surface area contributed by atoms with Crippen LogP contribution in [-0.2, 0) is 6.42 Å². The molecule has 5 heteroatoms. The number of H-pyrrole nitrogens is 1. The monoisotopic (exact) mass is 305 g/mol. The molecule has 0 atom stereocenters. The van der Waals surface area contributed by atoms with Gasteiger partial charge in [-0.25, -0.2) is 8.78 Å². The molecule has 21 heavy (non-hydrogen) atoms. The zero-order valence-corrected chi connectivity index (χ0v) is 11.5. The average molecular weight is 306 g/mol. The summed E-state index contributed by atoms with van der Waals surface area (Å²) in [6.45, 7) is 0. The standard InChI is InChI=1S/C16H10ClF2NO/c17-13-3-1-2-11-12(8-20-16(11)13)15(21)6-9-4-5-10(18)7-14(9)19/h1-5,7-8,20H,6H2. The van der Waals surface area contributed by atoms with Gasteiger partial charge < -0.3 is 4.98 Å². The van der Waals surface area contributed by atoms with Crippen LogP contribution in [0.25, 0.3) is 10.9 Å². The number of rotatable bonds is 3. The summed E-state index contributed by atoms with van der Waals surface area (Å²) in [6, 6.07) is 8.42. The third-order valence-corrected chi connectivity index (χ3v) is 3.65. The largest absolute Gasteiger partial charge is 0.359 e. The highest BCUT2D eigenvalue weighted by molar-refractivity contribution is 6.35. The van der Waals surface area contributed by atoms with Crippen molar-refractivity contribution in [2.24, 2.45) is 0 Å². The average Bonchev–Trinajstić information content (AvgIpc) is 2.87. The van der Waals surface area contributed by atoms with Gasteiger partial charge in [0, 0.05) is 29.6 Å². The van der Waals surface area contributed by atoms with E-state index in [1.807, 2.05) is 0 Å². The van der Waals surface area contributed by atoms with Crippen LogP contribution in [-0.4, -0.2) is 10.8 Å². The lowest BCUT2D eigenvalue weighted by atomic mass is 10.0. The molecule has 0 aliphatic carbocycles. The molecule has 1 heterocycles. The van der Waals surface area contributed by atoms with Crippen molar-refractivity contribution < 1.29 is 13.6 Å². The third kappa shape index (κ3) is 2.54. The Hall–Kier alpha value is -2.20. The van der Waals surface area contributed by atoms with Crippen molar-refractivity contribution >= 4 is 28.3 Å². The zero-order valence-electron chi connectivity index (χ0n) is 10.8. The molecule has 0 fully saturated rings. The summed E-state index contributed by atoms with van der Waals surface area (Å²) in [7, 11) is 0. The molecule has 0 saturated heterocycles. The van der Waals surface area contributed by atoms with Crippen LogP contribution < -0.4 is 0 Å². The van der Waals surface area contributed by atoms with Crippen LogP contribution in [0.1, 0.15) is 15.9 Å². The van der Waals surface area contributed by atoms with Crippen LogP contribution >= 0.6 is 11.6 Å². The van der Waals surface area contributed by atoms with Gasteiger partial charge in [-0.3, -0.25) is 4.79 Å². The summed E-state index contributed by atoms with van der Waals surface area (Å²) in [5.74, 6) is -1.64. The summed E-state index contributed by atoms with van der Waals surface area (Å²) in [5.41, 5.74) is 1.27. The maximum atomic E-state index is 13.6. The maximum Gasteiger partial charge on any atom is 0.169 e. The van der Waals surface area contributed by atoms with Gasteiger partial charge in [0.15, 0.2) is 5.78 Å². The van der Waals surface area contributed by atoms with Gasteiger partial charge in [0.05, 0.1) is 10.5 Å². The number of aromatic amines is 1. The van der Waals surface area contributed by atoms with Crippen molar-refractivity contribution in [2.75, 3.05) is 0 Å². The topological polar surface area (TPSA) is 32.9 Å². The molecule has 3 aromatic rings. The highest BCUT2D eigenvalue weighted by Gasteiger charge is 2.16. The van der Waals surface area contributed by atoms with Gasteiger partial charge in [0.1, 0.15) is 11.6 Å². The molecule has 2 nitrogen and oxygen atoms in total. The number of carbonyl (C=O) groups is 1. The van der Waals surface area contributed by atoms with E-state index >= 15 is 0 Å². The lowest BCUT2D eigenvalue weighted by Crippen LogP contribution is -2.05. The molecule has 1 N–H and O–H groups in total. The van der Waals surface area contributed by atoms with E-state index in [2.05, 4.69) is 4.98 Å². The molecule has 0 bridgehead atoms. The number of para-hydroxylation sites is 1. The number of halogens is 3. The van der Waals surface area contributed by atoms with Crippen LogP contribution in [0.5, 0.6) is 0 Å². The Morgan fingerprint density at radius 1 is 1.19 bits per heavy atom. The quantitative estimate of drug-likeness (QED) is 0.709. The number of hydrogen-bond donors (Lipinski definition) is 1. The van der Waals surface area contributed by atoms with E-state index in [4.69, 9.17) is 11.6 Å². The molecule has 0 unspecified atom stereocenters. The van der Waals surface area contributed by atoms with Gasteiger partial charge in [-0.05, 0) is 17.7 Å². The fourth-order valence-electron chi connectivity index (χ4n) is 2.28. The van der Waals surface area contributed by atoms with Crippen LogP contribution in [0.3, 0.4) is 0 Å². The van der Waals surface area contributed by atoms with Crippen molar-refractivity contribution in [1.82, 2.24) is 4.98 Å². The molecule has 106 valence electrons. The number of aromatic nitrogens is 1. The number of ketones is 1. The molecule has 0 saturated carbocycles. The van der Waals surface area contributed by atoms with E-state index < -0.39 is 11.6 Å². The Morgan fingerprint density at radius 2 is 2.00 bits per heavy atom. The number of fused-ring (bicyclic) bond motifs is 1. The SMILES string of the molecule is O=C(Cc1ccc(F)cc1F)c1c[nH]c2c(Cl)cccc12. The first-order valence-electron chi connectivity index (χ1n) is 6.29. The molecule has 0 aliphatic heterocycles. The summed E-state index contributed by atoms with van der Waals surface area (Å²) < 4.78 is 26.5. The predicted molar refractivity (Wildman–Crippen MR) is 77.7 cm³/mol. The molecule has 0 amide bonds. The maximum absolute atomic E-state index is 13.6. The minimum Gasteiger partial charge on any atom is -0.359 e. The Balaban J connectivity index is 1.96. The lowest BCUT2D eigenvalue weighted by Gasteiger charge is -2.03. The second-order valence-corrected chi connectivity index (χ2v) is 5.11. The Kier molecular flexibility index (Phi) is 3.47. The molecule has 0 spiro atoms. The van der Waals surface area contributed by atoms with E-state index in [0.29, 0.717) is 21.5 Å². The number of hydrogen-bond acceptors (Lipinski definition) is 1. The number of benzene rings is 2. The second kappa shape index (κ2) is 5.30. The van der Waals surface area contributed by atoms with Gasteiger partial charge >= 0.3 is 0 Å². The predicted octanol–water partition coefficient (Wildman–Crippen LogP) is 4.52. The van der Waals surface area contributed by atoms with Gasteiger partial charge in [-0.15, -0.1) is 0 Å². The highest BCUT2D eigenvalue weighted by Crippen LogP contribution is 2.26. The summed E-state index contributed by atoms with van der Waals surface area (Å²) in [5, 5.41) is 1.20. The van der Waals surface area contributed by atoms with Crippen LogP contribution in [0, 0.1) is 11.6 Å². The van der Waals surface area contributed by atoms with Crippen molar-refractivity contribution in [3.8, 4) is 0 Å². The normalized spacial score (nSPS) is 11.0. The molecule has 3 rings (SSSR count). The van der Waals surface area contributed by atoms with Gasteiger partial charge in [0.2, 0.25) is 0 Å². The van der Waals surface area contributed by atoms with E-state index in [1.165, 1.54) is 6.07 Å². The molecular weight excluding hydrogens is 296 g/mol. The van der Waals surface area contributed by atoms with E-state index in [9.17, 15) is 13.6 Å². The zero-order chi connectivity index (χ0) is 15.0. The molecule has 2 aromatic carbocycles. The third-order valence-electron chi connectivity index (χ3n) is 3.33. The Morgan fingerprint density at radius 3 is 2.76 bits per heavy atom. The summed E-state index contributed by atoms with van der Waals surface area (Å²) in [6.07, 6.45) is 1.42. The minimum absolute atomic E-state index is 0.133. The first-order valence-corrected chi connectivity index (χ1v) is 6.67. The van der Waals surface area contributed by atoms with E-state index in [1.54, 1.807) is 24.4 Å². The van der Waals surface area contributed by atoms with Crippen molar-refractivity contribution in [3.63, 3.8) is 0 Å². The summed E-state index contributed by atoms with van der Waals surface area (Å²) >= 11 is 6.03. The fraction of sp³-hybridized carbons (Fsp3) is 0.0625. The van der Waals surface area contributed by atoms with Crippen molar-refractivity contribution in [3.05, 3.63) is 70.4 Å². The van der Waals surface area contributed by atoms with E-state index in [0.717, 1.165) is 12.1 Å². The minimum atomic E-state index is -0.721. The molecule has 0 aliphatic rings. The number of Topliss-reactive ketones (excluding diaryl/α,β-unsaturated/α-hetero) is 1. The highest BCUT2D eigenvalue weighted by atomic mass is 35.5. The fourth-order valence-corrected chi connectivity index (χ4v) is 2.51. The summed E-state index contributed by atoms with van der Waals surface area (Å²) in [4.78, 5) is 15.3. The van der Waals surface area contributed by atoms with Crippen molar-refractivity contribution in [2.45, 2.75) is 6.42 Å². The van der Waals surface area contributed by atoms with Gasteiger partial charge in [0.25, 0.3) is 0 Å². The Bertz CT molecular complexity index is 841. The second-order valence-electron chi connectivity index (χ2n) is 4.70. The molecule has 1 aromatic heterocycles. The smallest absolute Gasteiger partial charge is 0.169 e. The van der Waals surface area contributed by atoms with Crippen molar-refractivity contribution in [1.29, 1.82) is 0 Å². The van der Waals surface area contributed by atoms with Crippen LogP contribution in [0.4, 0.5) is 8.78 Å². The Labute approximate surface area is 124 Å². The first-order chi connectivity index (χ1) is 10.1. The van der Waals surface area contributed by atoms with Gasteiger partial charge in [-0.2, -0.15) is 0 Å². The first kappa shape index (κ1) is 13.8. The van der Waals surface area contributed by atoms with E-state index in [-0.39, 0.29) is 17.8 Å². The van der Waals surface area contributed by atoms with Crippen LogP contribution in [0.2, 0.25) is 5.02 Å². The number of carbonyl (C=O) groups excluding carboxylic acids is 1. The van der Waals surface area contributed by atoms with Crippen LogP contribution in [0.15, 0.2) is 42.6 Å². The van der Waals surface area contributed by atoms with Gasteiger partial charge in [-0.1, -0.05) is 29.8 Å². The molecular formula is C16H10ClF2NO. The number of nitrogens with one attached hydrogen (secondary N) is 1. The molecule has 0 radical (unpaired) electrons. The lowest BCUT2D eigenvalue weighted by molar-refractivity contribution is 0.0993.